The van der Waals surface area contributed by atoms with Crippen LogP contribution in [0.3, 0.4) is 0 Å². The smallest absolute Gasteiger partial charge is 0.319 e. The van der Waals surface area contributed by atoms with Crippen molar-refractivity contribution < 1.29 is 43.0 Å². The Morgan fingerprint density at radius 3 is 1.09 bits per heavy atom. The Kier molecular flexibility index (Phi) is 28.8. The summed E-state index contributed by atoms with van der Waals surface area (Å²) in [7, 11) is 3.53. The van der Waals surface area contributed by atoms with Gasteiger partial charge in [0.05, 0.1) is 44.3 Å². The molecule has 10 rings (SSSR count). The number of thiophene rings is 1. The molecule has 7 heterocycles. The number of hydrogen-bond donors (Lipinski definition) is 0. The number of hydrogen-bond acceptors (Lipinski definition) is 16. The fourth-order valence-corrected chi connectivity index (χ4v) is 13.7. The number of piperazine rings is 3. The second-order valence-corrected chi connectivity index (χ2v) is 27.2. The van der Waals surface area contributed by atoms with Gasteiger partial charge in [-0.1, -0.05) is 19.9 Å². The molecule has 20 heteroatoms. The quantitative estimate of drug-likeness (QED) is 0.0432. The third kappa shape index (κ3) is 22.5. The molecule has 3 atom stereocenters. The number of Topliss-reactive ketones (excluding diaryl/α,β-unsaturated/α-hetero) is 3. The normalized spacial score (nSPS) is 20.3. The van der Waals surface area contributed by atoms with Crippen LogP contribution in [-0.2, 0) is 4.79 Å². The molecule has 6 saturated heterocycles. The summed E-state index contributed by atoms with van der Waals surface area (Å²) >= 11 is 1.47. The van der Waals surface area contributed by atoms with Crippen LogP contribution in [0.5, 0.6) is 17.2 Å². The van der Waals surface area contributed by atoms with E-state index in [-0.39, 0.29) is 41.1 Å². The van der Waals surface area contributed by atoms with Crippen molar-refractivity contribution in [1.29, 1.82) is 0 Å². The van der Waals surface area contributed by atoms with E-state index in [0.717, 1.165) is 100 Å². The van der Waals surface area contributed by atoms with Gasteiger partial charge in [-0.25, -0.2) is 4.79 Å². The van der Waals surface area contributed by atoms with Crippen LogP contribution in [0.2, 0.25) is 0 Å². The molecule has 0 spiro atoms. The minimum Gasteiger partial charge on any atom is -0.494 e. The number of rotatable bonds is 26. The van der Waals surface area contributed by atoms with Gasteiger partial charge >= 0.3 is 6.03 Å². The zero-order valence-electron chi connectivity index (χ0n) is 56.4. The Morgan fingerprint density at radius 2 is 0.793 bits per heavy atom. The lowest BCUT2D eigenvalue weighted by atomic mass is 10.1. The van der Waals surface area contributed by atoms with Gasteiger partial charge in [-0.3, -0.25) is 38.7 Å². The van der Waals surface area contributed by atoms with Crippen LogP contribution in [0.15, 0.2) is 90.3 Å². The van der Waals surface area contributed by atoms with Gasteiger partial charge in [0, 0.05) is 153 Å². The molecule has 1 aromatic heterocycles. The molecule has 0 N–H and O–H groups in total. The standard InChI is InChI=1S/C25H33N3O3S.C24H37N3O3.C23H36N4O3/c1-20-5-2-11-27(20)12-4-17-31-22-9-7-21(8-10-22)23(29)19-26-13-15-28(16-14-26)25(30)24-6-3-18-32-24;1-19(2)24(29)27-15-13-25(14-16-27)18-23(28)21-7-9-22(10-8-21)30-17-5-12-26-11-4-6-20(26)3;1-19-6-4-11-26(19)12-5-17-30-21-9-7-20(8-10-21)22(28)18-25-13-15-27(16-14-25)23(29)24(2)3/h3,6-10,18,20H,2,4-5,11-17,19H2,1H3;7-10,19-20H,4-6,11-18H2,1-3H3;7-10,19H,4-6,11-18H2,1-3H3/t2*20-;19-/m111/s1. The maximum Gasteiger partial charge on any atom is 0.319 e. The number of ether oxygens (including phenoxy) is 3. The van der Waals surface area contributed by atoms with Crippen molar-refractivity contribution in [2.75, 3.05) is 171 Å². The van der Waals surface area contributed by atoms with E-state index in [0.29, 0.717) is 114 Å². The number of carbonyl (C=O) groups is 6. The number of nitrogens with zero attached hydrogens (tertiary/aromatic N) is 10. The summed E-state index contributed by atoms with van der Waals surface area (Å²) in [6, 6.07) is 28.4. The zero-order chi connectivity index (χ0) is 65.4. The van der Waals surface area contributed by atoms with E-state index in [1.165, 1.54) is 69.5 Å². The van der Waals surface area contributed by atoms with E-state index in [4.69, 9.17) is 14.2 Å². The summed E-state index contributed by atoms with van der Waals surface area (Å²) in [4.78, 5) is 96.4. The van der Waals surface area contributed by atoms with Crippen LogP contribution in [-0.4, -0.2) is 274 Å². The van der Waals surface area contributed by atoms with Crippen LogP contribution in [0.25, 0.3) is 0 Å². The molecular formula is C72H106N10O9S. The fraction of sp³-hybridized carbons (Fsp3) is 0.611. The van der Waals surface area contributed by atoms with E-state index < -0.39 is 0 Å². The highest BCUT2D eigenvalue weighted by Crippen LogP contribution is 2.22. The van der Waals surface area contributed by atoms with Gasteiger partial charge in [-0.05, 0) is 182 Å². The predicted molar refractivity (Wildman–Crippen MR) is 365 cm³/mol. The highest BCUT2D eigenvalue weighted by atomic mass is 32.1. The maximum absolute atomic E-state index is 12.7. The van der Waals surface area contributed by atoms with Crippen LogP contribution >= 0.6 is 11.3 Å². The minimum absolute atomic E-state index is 0.0303. The van der Waals surface area contributed by atoms with Gasteiger partial charge in [-0.2, -0.15) is 0 Å². The third-order valence-electron chi connectivity index (χ3n) is 18.9. The number of amides is 4. The second kappa shape index (κ2) is 37.0. The van der Waals surface area contributed by atoms with Gasteiger partial charge in [0.2, 0.25) is 5.91 Å². The Balaban J connectivity index is 0.000000178. The highest BCUT2D eigenvalue weighted by Gasteiger charge is 2.28. The molecule has 0 bridgehead atoms. The third-order valence-corrected chi connectivity index (χ3v) is 19.7. The van der Waals surface area contributed by atoms with Crippen LogP contribution in [0.1, 0.15) is 133 Å². The Hall–Kier alpha value is -6.26. The average Bonchev–Trinajstić information content (AvgIpc) is 1.64. The summed E-state index contributed by atoms with van der Waals surface area (Å²) in [5.41, 5.74) is 2.13. The lowest BCUT2D eigenvalue weighted by Crippen LogP contribution is -2.52. The number of ketones is 3. The molecule has 0 radical (unpaired) electrons. The Morgan fingerprint density at radius 1 is 0.457 bits per heavy atom. The molecule has 0 aliphatic carbocycles. The molecule has 6 aliphatic heterocycles. The van der Waals surface area contributed by atoms with E-state index >= 15 is 0 Å². The number of urea groups is 1. The molecule has 3 aromatic carbocycles. The van der Waals surface area contributed by atoms with Gasteiger partial charge in [-0.15, -0.1) is 11.3 Å². The molecule has 4 aromatic rings. The van der Waals surface area contributed by atoms with Crippen molar-refractivity contribution >= 4 is 46.5 Å². The molecule has 19 nitrogen and oxygen atoms in total. The van der Waals surface area contributed by atoms with Crippen molar-refractivity contribution in [3.8, 4) is 17.2 Å². The predicted octanol–water partition coefficient (Wildman–Crippen LogP) is 8.99. The highest BCUT2D eigenvalue weighted by molar-refractivity contribution is 7.12. The molecule has 6 aliphatic rings. The first-order valence-electron chi connectivity index (χ1n) is 34.2. The number of likely N-dealkylation sites (tertiary alicyclic amines) is 3. The summed E-state index contributed by atoms with van der Waals surface area (Å²) in [5.74, 6) is 3.11. The molecule has 6 fully saturated rings. The maximum atomic E-state index is 12.7. The van der Waals surface area contributed by atoms with Crippen molar-refractivity contribution in [2.45, 2.75) is 111 Å². The fourth-order valence-electron chi connectivity index (χ4n) is 13.0. The molecule has 4 amide bonds. The first-order chi connectivity index (χ1) is 44.5. The zero-order valence-corrected chi connectivity index (χ0v) is 57.2. The molecule has 504 valence electrons. The SMILES string of the molecule is CC(C)C(=O)N1CCN(CC(=O)c2ccc(OCCCN3CCC[C@H]3C)cc2)CC1.C[C@@H]1CCCN1CCCOc1ccc(C(=O)CN2CCN(C(=O)N(C)C)CC2)cc1.C[C@@H]1CCCN1CCCOc1ccc(C(=O)CN2CCN(C(=O)c3cccs3)CC2)cc1. The molecule has 0 unspecified atom stereocenters. The van der Waals surface area contributed by atoms with Crippen molar-refractivity contribution in [3.05, 3.63) is 112 Å². The summed E-state index contributed by atoms with van der Waals surface area (Å²) in [6.07, 6.45) is 10.9. The Labute approximate surface area is 552 Å². The van der Waals surface area contributed by atoms with Gasteiger partial charge < -0.3 is 48.5 Å². The van der Waals surface area contributed by atoms with E-state index in [9.17, 15) is 28.8 Å². The van der Waals surface area contributed by atoms with Gasteiger partial charge in [0.1, 0.15) is 17.2 Å². The monoisotopic (exact) mass is 1290 g/mol. The first-order valence-corrected chi connectivity index (χ1v) is 35.1. The minimum atomic E-state index is 0.0303. The van der Waals surface area contributed by atoms with Crippen LogP contribution in [0.4, 0.5) is 4.79 Å². The lowest BCUT2D eigenvalue weighted by Gasteiger charge is -2.35. The summed E-state index contributed by atoms with van der Waals surface area (Å²) in [5, 5.41) is 1.92. The number of carbonyl (C=O) groups excluding carboxylic acids is 6. The molecular weight excluding hydrogens is 1180 g/mol. The Bertz CT molecular complexity index is 2770. The van der Waals surface area contributed by atoms with E-state index in [1.54, 1.807) is 19.0 Å². The van der Waals surface area contributed by atoms with E-state index in [1.807, 2.05) is 119 Å². The van der Waals surface area contributed by atoms with Gasteiger partial charge in [0.15, 0.2) is 17.3 Å². The van der Waals surface area contributed by atoms with E-state index in [2.05, 4.69) is 50.2 Å². The summed E-state index contributed by atoms with van der Waals surface area (Å²) in [6.45, 7) is 29.4. The first kappa shape index (κ1) is 71.6. The molecule has 0 saturated carbocycles. The average molecular weight is 1290 g/mol. The number of benzene rings is 3. The van der Waals surface area contributed by atoms with Crippen molar-refractivity contribution in [3.63, 3.8) is 0 Å². The largest absolute Gasteiger partial charge is 0.494 e. The van der Waals surface area contributed by atoms with Crippen LogP contribution < -0.4 is 14.2 Å². The second-order valence-electron chi connectivity index (χ2n) is 26.3. The topological polar surface area (TPSA) is 163 Å². The van der Waals surface area contributed by atoms with Crippen molar-refractivity contribution in [1.82, 2.24) is 49.0 Å². The van der Waals surface area contributed by atoms with Crippen molar-refractivity contribution in [2.24, 2.45) is 5.92 Å². The van der Waals surface area contributed by atoms with Gasteiger partial charge in [0.25, 0.3) is 5.91 Å². The summed E-state index contributed by atoms with van der Waals surface area (Å²) < 4.78 is 17.6. The molecule has 92 heavy (non-hydrogen) atoms. The lowest BCUT2D eigenvalue weighted by molar-refractivity contribution is -0.136. The van der Waals surface area contributed by atoms with Crippen LogP contribution in [0, 0.1) is 5.92 Å².